The van der Waals surface area contributed by atoms with Crippen molar-refractivity contribution in [1.29, 1.82) is 0 Å². The number of benzene rings is 1. The molecule has 0 aliphatic carbocycles. The number of nitrogens with two attached hydrogens (primary N) is 1. The second-order valence-corrected chi connectivity index (χ2v) is 2.84. The predicted octanol–water partition coefficient (Wildman–Crippen LogP) is 1.02. The fourth-order valence-corrected chi connectivity index (χ4v) is 1.16. The van der Waals surface area contributed by atoms with Gasteiger partial charge in [0.25, 0.3) is 0 Å². The van der Waals surface area contributed by atoms with Crippen LogP contribution in [0.1, 0.15) is 6.92 Å². The largest absolute Gasteiger partial charge is 0.399 e. The maximum Gasteiger partial charge on any atom is 0.0720 e. The molecule has 78 valence electrons. The molecule has 4 heteroatoms. The first-order valence-corrected chi connectivity index (χ1v) is 4.64. The summed E-state index contributed by atoms with van der Waals surface area (Å²) in [6.45, 7) is 2.99. The molecular weight excluding hydrogens is 180 g/mol. The molecule has 0 spiro atoms. The highest BCUT2D eigenvalue weighted by molar-refractivity contribution is 5.51. The number of nitrogens with zero attached hydrogens (tertiary/aromatic N) is 1. The van der Waals surface area contributed by atoms with Gasteiger partial charge in [-0.15, -0.1) is 0 Å². The zero-order valence-electron chi connectivity index (χ0n) is 8.31. The quantitative estimate of drug-likeness (QED) is 0.545. The smallest absolute Gasteiger partial charge is 0.0720 e. The van der Waals surface area contributed by atoms with Gasteiger partial charge in [-0.1, -0.05) is 0 Å². The fourth-order valence-electron chi connectivity index (χ4n) is 1.16. The maximum atomic E-state index is 8.83. The van der Waals surface area contributed by atoms with Crippen LogP contribution in [-0.4, -0.2) is 24.9 Å². The monoisotopic (exact) mass is 196 g/mol. The summed E-state index contributed by atoms with van der Waals surface area (Å²) in [5.41, 5.74) is 7.18. The van der Waals surface area contributed by atoms with E-state index in [1.807, 2.05) is 19.1 Å². The average Bonchev–Trinajstić information content (AvgIpc) is 2.19. The van der Waals surface area contributed by atoms with Crippen LogP contribution in [0.15, 0.2) is 24.3 Å². The molecule has 1 aromatic carbocycles. The van der Waals surface area contributed by atoms with Crippen LogP contribution >= 0.6 is 0 Å². The van der Waals surface area contributed by atoms with Crippen LogP contribution in [0.2, 0.25) is 0 Å². The lowest BCUT2D eigenvalue weighted by Crippen LogP contribution is -2.26. The van der Waals surface area contributed by atoms with Crippen molar-refractivity contribution in [2.24, 2.45) is 0 Å². The maximum absolute atomic E-state index is 8.83. The van der Waals surface area contributed by atoms with Crippen LogP contribution in [0.25, 0.3) is 0 Å². The molecule has 0 aliphatic heterocycles. The summed E-state index contributed by atoms with van der Waals surface area (Å²) >= 11 is 0. The minimum Gasteiger partial charge on any atom is -0.399 e. The van der Waals surface area contributed by atoms with E-state index in [0.717, 1.165) is 5.69 Å². The number of hydrogen-bond acceptors (Lipinski definition) is 4. The van der Waals surface area contributed by atoms with E-state index in [0.29, 0.717) is 18.8 Å². The van der Waals surface area contributed by atoms with E-state index in [1.54, 1.807) is 17.2 Å². The lowest BCUT2D eigenvalue weighted by molar-refractivity contribution is 0.107. The van der Waals surface area contributed by atoms with Crippen LogP contribution in [0, 0.1) is 0 Å². The standard InChI is InChI=1S/C10H16N2O2/c1-2-14-12(7-8-13)10-5-3-9(11)4-6-10/h3-6,13H,2,7-8,11H2,1H3. The SMILES string of the molecule is CCON(CCO)c1ccc(N)cc1. The van der Waals surface area contributed by atoms with Crippen molar-refractivity contribution in [2.45, 2.75) is 6.92 Å². The van der Waals surface area contributed by atoms with Gasteiger partial charge in [0, 0.05) is 5.69 Å². The molecule has 3 N–H and O–H groups in total. The number of anilines is 2. The molecule has 14 heavy (non-hydrogen) atoms. The summed E-state index contributed by atoms with van der Waals surface area (Å²) in [6.07, 6.45) is 0. The molecule has 0 unspecified atom stereocenters. The van der Waals surface area contributed by atoms with Gasteiger partial charge in [0.15, 0.2) is 0 Å². The van der Waals surface area contributed by atoms with Gasteiger partial charge < -0.3 is 10.8 Å². The summed E-state index contributed by atoms with van der Waals surface area (Å²) in [5.74, 6) is 0. The van der Waals surface area contributed by atoms with Gasteiger partial charge in [-0.2, -0.15) is 0 Å². The molecule has 1 rings (SSSR count). The second-order valence-electron chi connectivity index (χ2n) is 2.84. The van der Waals surface area contributed by atoms with Gasteiger partial charge in [0.2, 0.25) is 0 Å². The molecule has 0 aliphatic rings. The van der Waals surface area contributed by atoms with Crippen molar-refractivity contribution in [1.82, 2.24) is 0 Å². The van der Waals surface area contributed by atoms with E-state index >= 15 is 0 Å². The number of hydroxylamine groups is 1. The Balaban J connectivity index is 2.71. The van der Waals surface area contributed by atoms with Crippen LogP contribution in [0.4, 0.5) is 11.4 Å². The number of hydrogen-bond donors (Lipinski definition) is 2. The summed E-state index contributed by atoms with van der Waals surface area (Å²) in [5, 5.41) is 10.5. The van der Waals surface area contributed by atoms with Crippen molar-refractivity contribution < 1.29 is 9.94 Å². The Labute approximate surface area is 83.9 Å². The lowest BCUT2D eigenvalue weighted by Gasteiger charge is -2.22. The molecule has 1 aromatic rings. The van der Waals surface area contributed by atoms with Crippen molar-refractivity contribution in [2.75, 3.05) is 30.6 Å². The molecule has 0 radical (unpaired) electrons. The highest BCUT2D eigenvalue weighted by Gasteiger charge is 2.04. The molecular formula is C10H16N2O2. The highest BCUT2D eigenvalue weighted by atomic mass is 16.7. The van der Waals surface area contributed by atoms with E-state index in [1.165, 1.54) is 0 Å². The van der Waals surface area contributed by atoms with E-state index in [-0.39, 0.29) is 6.61 Å². The molecule has 0 heterocycles. The summed E-state index contributed by atoms with van der Waals surface area (Å²) in [4.78, 5) is 5.34. The van der Waals surface area contributed by atoms with Crippen LogP contribution < -0.4 is 10.8 Å². The van der Waals surface area contributed by atoms with Crippen molar-refractivity contribution in [3.8, 4) is 0 Å². The molecule has 0 bridgehead atoms. The number of aliphatic hydroxyl groups is 1. The van der Waals surface area contributed by atoms with Crippen molar-refractivity contribution in [3.63, 3.8) is 0 Å². The molecule has 0 saturated carbocycles. The van der Waals surface area contributed by atoms with Gasteiger partial charge in [0.05, 0.1) is 25.4 Å². The Morgan fingerprint density at radius 1 is 1.36 bits per heavy atom. The van der Waals surface area contributed by atoms with Gasteiger partial charge in [-0.25, -0.2) is 0 Å². The van der Waals surface area contributed by atoms with Crippen LogP contribution in [-0.2, 0) is 4.84 Å². The van der Waals surface area contributed by atoms with E-state index in [9.17, 15) is 0 Å². The van der Waals surface area contributed by atoms with E-state index in [2.05, 4.69) is 0 Å². The first-order chi connectivity index (χ1) is 6.77. The summed E-state index contributed by atoms with van der Waals surface area (Å²) in [7, 11) is 0. The number of aliphatic hydroxyl groups excluding tert-OH is 1. The Kier molecular flexibility index (Phi) is 4.22. The average molecular weight is 196 g/mol. The fraction of sp³-hybridized carbons (Fsp3) is 0.400. The molecule has 4 nitrogen and oxygen atoms in total. The lowest BCUT2D eigenvalue weighted by atomic mass is 10.3. The minimum atomic E-state index is 0.0599. The first kappa shape index (κ1) is 10.8. The Bertz CT molecular complexity index is 255. The first-order valence-electron chi connectivity index (χ1n) is 4.64. The Morgan fingerprint density at radius 3 is 2.50 bits per heavy atom. The Morgan fingerprint density at radius 2 is 2.00 bits per heavy atom. The minimum absolute atomic E-state index is 0.0599. The normalized spacial score (nSPS) is 10.1. The molecule has 0 atom stereocenters. The molecule has 0 fully saturated rings. The topological polar surface area (TPSA) is 58.7 Å². The van der Waals surface area contributed by atoms with E-state index < -0.39 is 0 Å². The number of rotatable bonds is 5. The van der Waals surface area contributed by atoms with Gasteiger partial charge in [-0.3, -0.25) is 9.90 Å². The van der Waals surface area contributed by atoms with E-state index in [4.69, 9.17) is 15.7 Å². The number of nitrogen functional groups attached to an aromatic ring is 1. The molecule has 0 aromatic heterocycles. The van der Waals surface area contributed by atoms with Crippen molar-refractivity contribution in [3.05, 3.63) is 24.3 Å². The summed E-state index contributed by atoms with van der Waals surface area (Å²) in [6, 6.07) is 7.33. The Hall–Kier alpha value is -1.26. The predicted molar refractivity (Wildman–Crippen MR) is 56.9 cm³/mol. The molecule has 0 amide bonds. The molecule has 0 saturated heterocycles. The highest BCUT2D eigenvalue weighted by Crippen LogP contribution is 2.16. The van der Waals surface area contributed by atoms with Gasteiger partial charge in [0.1, 0.15) is 0 Å². The summed E-state index contributed by atoms with van der Waals surface area (Å²) < 4.78 is 0. The zero-order valence-corrected chi connectivity index (χ0v) is 8.31. The third kappa shape index (κ3) is 2.90. The second kappa shape index (κ2) is 5.47. The van der Waals surface area contributed by atoms with Gasteiger partial charge >= 0.3 is 0 Å². The van der Waals surface area contributed by atoms with Crippen molar-refractivity contribution >= 4 is 11.4 Å². The zero-order chi connectivity index (χ0) is 10.4. The van der Waals surface area contributed by atoms with Gasteiger partial charge in [-0.05, 0) is 31.2 Å². The van der Waals surface area contributed by atoms with Crippen LogP contribution in [0.5, 0.6) is 0 Å². The third-order valence-electron chi connectivity index (χ3n) is 1.77. The third-order valence-corrected chi connectivity index (χ3v) is 1.77. The van der Waals surface area contributed by atoms with Crippen LogP contribution in [0.3, 0.4) is 0 Å².